The molecule has 0 unspecified atom stereocenters. The van der Waals surface area contributed by atoms with Crippen LogP contribution in [0.2, 0.25) is 0 Å². The second-order valence-electron chi connectivity index (χ2n) is 6.63. The summed E-state index contributed by atoms with van der Waals surface area (Å²) in [6, 6.07) is 13.7. The van der Waals surface area contributed by atoms with Crippen molar-refractivity contribution in [2.24, 2.45) is 0 Å². The highest BCUT2D eigenvalue weighted by Crippen LogP contribution is 2.18. The lowest BCUT2D eigenvalue weighted by Crippen LogP contribution is -2.34. The standard InChI is InChI=1S/C23H29N3O5S/c1-3-30-15-16-31-20-8-5-4-7-19(20)22(28)26-23(32)25-18-11-9-17(10-12-18)21(27)24-13-6-14-29-2/h4-5,7-12H,3,6,13-16H2,1-2H3,(H,24,27)(H2,25,26,28,32). The number of methoxy groups -OCH3 is 1. The maximum Gasteiger partial charge on any atom is 0.261 e. The lowest BCUT2D eigenvalue weighted by molar-refractivity contribution is 0.0944. The molecule has 0 bridgehead atoms. The monoisotopic (exact) mass is 459 g/mol. The zero-order chi connectivity index (χ0) is 23.2. The minimum absolute atomic E-state index is 0.135. The summed E-state index contributed by atoms with van der Waals surface area (Å²) in [5, 5.41) is 8.54. The molecule has 0 radical (unpaired) electrons. The molecule has 2 aromatic rings. The normalized spacial score (nSPS) is 10.3. The van der Waals surface area contributed by atoms with E-state index >= 15 is 0 Å². The van der Waals surface area contributed by atoms with Gasteiger partial charge in [0.2, 0.25) is 0 Å². The van der Waals surface area contributed by atoms with Crippen LogP contribution in [0.5, 0.6) is 5.75 Å². The summed E-state index contributed by atoms with van der Waals surface area (Å²) in [7, 11) is 1.62. The molecule has 8 nitrogen and oxygen atoms in total. The predicted molar refractivity (Wildman–Crippen MR) is 127 cm³/mol. The Morgan fingerprint density at radius 1 is 0.969 bits per heavy atom. The summed E-state index contributed by atoms with van der Waals surface area (Å²) in [4.78, 5) is 24.7. The average molecular weight is 460 g/mol. The number of hydrogen-bond acceptors (Lipinski definition) is 6. The van der Waals surface area contributed by atoms with Crippen LogP contribution in [0, 0.1) is 0 Å². The number of hydrogen-bond donors (Lipinski definition) is 3. The van der Waals surface area contributed by atoms with E-state index in [0.29, 0.717) is 55.5 Å². The third-order valence-corrected chi connectivity index (χ3v) is 4.47. The SMILES string of the molecule is CCOCCOc1ccccc1C(=O)NC(=S)Nc1ccc(C(=O)NCCCOC)cc1. The number of thiocarbonyl (C=S) groups is 1. The van der Waals surface area contributed by atoms with Crippen LogP contribution in [0.25, 0.3) is 0 Å². The molecule has 0 fully saturated rings. The number of rotatable bonds is 12. The minimum atomic E-state index is -0.387. The number of benzene rings is 2. The highest BCUT2D eigenvalue weighted by Gasteiger charge is 2.14. The van der Waals surface area contributed by atoms with Crippen LogP contribution >= 0.6 is 12.2 Å². The van der Waals surface area contributed by atoms with Gasteiger partial charge in [0.05, 0.1) is 12.2 Å². The van der Waals surface area contributed by atoms with Crippen LogP contribution in [0.3, 0.4) is 0 Å². The van der Waals surface area contributed by atoms with Gasteiger partial charge >= 0.3 is 0 Å². The van der Waals surface area contributed by atoms with Gasteiger partial charge in [-0.25, -0.2) is 0 Å². The predicted octanol–water partition coefficient (Wildman–Crippen LogP) is 3.00. The Balaban J connectivity index is 1.87. The molecule has 0 saturated heterocycles. The van der Waals surface area contributed by atoms with Crippen molar-refractivity contribution >= 4 is 34.8 Å². The molecule has 2 rings (SSSR count). The average Bonchev–Trinajstić information content (AvgIpc) is 2.80. The highest BCUT2D eigenvalue weighted by atomic mass is 32.1. The van der Waals surface area contributed by atoms with Crippen molar-refractivity contribution in [2.75, 3.05) is 45.4 Å². The van der Waals surface area contributed by atoms with Gasteiger partial charge in [0.25, 0.3) is 11.8 Å². The number of carbonyl (C=O) groups is 2. The van der Waals surface area contributed by atoms with Crippen molar-refractivity contribution in [2.45, 2.75) is 13.3 Å². The smallest absolute Gasteiger partial charge is 0.261 e. The summed E-state index contributed by atoms with van der Waals surface area (Å²) in [5.74, 6) is -0.0978. The summed E-state index contributed by atoms with van der Waals surface area (Å²) >= 11 is 5.25. The number of nitrogens with one attached hydrogen (secondary N) is 3. The van der Waals surface area contributed by atoms with Crippen molar-refractivity contribution in [1.82, 2.24) is 10.6 Å². The number of anilines is 1. The van der Waals surface area contributed by atoms with E-state index in [0.717, 1.165) is 6.42 Å². The zero-order valence-corrected chi connectivity index (χ0v) is 19.1. The van der Waals surface area contributed by atoms with E-state index in [2.05, 4.69) is 16.0 Å². The lowest BCUT2D eigenvalue weighted by Gasteiger charge is -2.13. The Labute approximate surface area is 193 Å². The van der Waals surface area contributed by atoms with E-state index in [1.807, 2.05) is 6.92 Å². The molecule has 32 heavy (non-hydrogen) atoms. The Hall–Kier alpha value is -3.01. The molecule has 0 atom stereocenters. The van der Waals surface area contributed by atoms with Crippen molar-refractivity contribution < 1.29 is 23.8 Å². The van der Waals surface area contributed by atoms with Crippen LogP contribution in [-0.2, 0) is 9.47 Å². The number of ether oxygens (including phenoxy) is 3. The second-order valence-corrected chi connectivity index (χ2v) is 7.04. The first-order valence-corrected chi connectivity index (χ1v) is 10.7. The number of para-hydroxylation sites is 1. The van der Waals surface area contributed by atoms with E-state index in [9.17, 15) is 9.59 Å². The molecule has 0 saturated carbocycles. The molecule has 0 aliphatic rings. The molecule has 3 N–H and O–H groups in total. The van der Waals surface area contributed by atoms with Crippen LogP contribution in [0.15, 0.2) is 48.5 Å². The van der Waals surface area contributed by atoms with E-state index in [1.54, 1.807) is 55.6 Å². The highest BCUT2D eigenvalue weighted by molar-refractivity contribution is 7.80. The lowest BCUT2D eigenvalue weighted by atomic mass is 10.2. The van der Waals surface area contributed by atoms with Crippen LogP contribution < -0.4 is 20.7 Å². The minimum Gasteiger partial charge on any atom is -0.490 e. The van der Waals surface area contributed by atoms with Crippen molar-refractivity contribution in [1.29, 1.82) is 0 Å². The van der Waals surface area contributed by atoms with Gasteiger partial charge in [0, 0.05) is 38.1 Å². The summed E-state index contributed by atoms with van der Waals surface area (Å²) < 4.78 is 15.9. The topological polar surface area (TPSA) is 97.9 Å². The van der Waals surface area contributed by atoms with Gasteiger partial charge in [-0.15, -0.1) is 0 Å². The fraction of sp³-hybridized carbons (Fsp3) is 0.348. The van der Waals surface area contributed by atoms with Gasteiger partial charge in [0.15, 0.2) is 5.11 Å². The van der Waals surface area contributed by atoms with Crippen molar-refractivity contribution in [3.05, 3.63) is 59.7 Å². The quantitative estimate of drug-likeness (QED) is 0.332. The maximum absolute atomic E-state index is 12.6. The maximum atomic E-state index is 12.6. The third kappa shape index (κ3) is 8.62. The zero-order valence-electron chi connectivity index (χ0n) is 18.3. The molecule has 0 heterocycles. The van der Waals surface area contributed by atoms with E-state index < -0.39 is 0 Å². The molecule has 9 heteroatoms. The molecule has 172 valence electrons. The third-order valence-electron chi connectivity index (χ3n) is 4.26. The second kappa shape index (κ2) is 14.1. The Morgan fingerprint density at radius 2 is 1.72 bits per heavy atom. The van der Waals surface area contributed by atoms with Gasteiger partial charge in [-0.1, -0.05) is 12.1 Å². The first-order chi connectivity index (χ1) is 15.5. The molecule has 0 spiro atoms. The van der Waals surface area contributed by atoms with Crippen molar-refractivity contribution in [3.63, 3.8) is 0 Å². The number of carbonyl (C=O) groups excluding carboxylic acids is 2. The van der Waals surface area contributed by atoms with Crippen LogP contribution in [0.4, 0.5) is 5.69 Å². The molecule has 2 aromatic carbocycles. The molecule has 2 amide bonds. The summed E-state index contributed by atoms with van der Waals surface area (Å²) in [6.07, 6.45) is 0.747. The van der Waals surface area contributed by atoms with E-state index in [1.165, 1.54) is 0 Å². The van der Waals surface area contributed by atoms with E-state index in [-0.39, 0.29) is 16.9 Å². The molecular formula is C23H29N3O5S. The van der Waals surface area contributed by atoms with E-state index in [4.69, 9.17) is 26.4 Å². The summed E-state index contributed by atoms with van der Waals surface area (Å²) in [6.45, 7) is 4.42. The van der Waals surface area contributed by atoms with Crippen LogP contribution in [-0.4, -0.2) is 57.0 Å². The van der Waals surface area contributed by atoms with Gasteiger partial charge < -0.3 is 24.8 Å². The van der Waals surface area contributed by atoms with Gasteiger partial charge in [-0.05, 0) is 62.0 Å². The first-order valence-electron chi connectivity index (χ1n) is 10.3. The fourth-order valence-electron chi connectivity index (χ4n) is 2.69. The largest absolute Gasteiger partial charge is 0.490 e. The molecule has 0 aliphatic heterocycles. The molecule has 0 aromatic heterocycles. The Bertz CT molecular complexity index is 889. The number of amides is 2. The molecule has 0 aliphatic carbocycles. The van der Waals surface area contributed by atoms with Crippen molar-refractivity contribution in [3.8, 4) is 5.75 Å². The van der Waals surface area contributed by atoms with Gasteiger partial charge in [0.1, 0.15) is 12.4 Å². The van der Waals surface area contributed by atoms with Gasteiger partial charge in [-0.2, -0.15) is 0 Å². The van der Waals surface area contributed by atoms with Crippen LogP contribution in [0.1, 0.15) is 34.1 Å². The fourth-order valence-corrected chi connectivity index (χ4v) is 2.90. The molecular weight excluding hydrogens is 430 g/mol. The summed E-state index contributed by atoms with van der Waals surface area (Å²) in [5.41, 5.74) is 1.54. The Kier molecular flexibility index (Phi) is 11.1. The Morgan fingerprint density at radius 3 is 2.44 bits per heavy atom. The first kappa shape index (κ1) is 25.3. The van der Waals surface area contributed by atoms with Gasteiger partial charge in [-0.3, -0.25) is 14.9 Å².